The molecule has 1 amide bonds. The van der Waals surface area contributed by atoms with Crippen LogP contribution in [0.25, 0.3) is 0 Å². The number of unbranched alkanes of at least 4 members (excludes halogenated alkanes) is 27. The molecule has 0 saturated carbocycles. The summed E-state index contributed by atoms with van der Waals surface area (Å²) in [6.45, 7) is 0.862. The highest BCUT2D eigenvalue weighted by atomic mass is 16.8. The molecule has 0 aromatic carbocycles. The zero-order chi connectivity index (χ0) is 52.7. The Kier molecular flexibility index (Phi) is 34.7. The molecule has 3 fully saturated rings. The number of rotatable bonds is 41. The Labute approximate surface area is 430 Å². The number of aliphatic hydroxyl groups excluding tert-OH is 11. The average molecular weight is 1040 g/mol. The van der Waals surface area contributed by atoms with Crippen LogP contribution < -0.4 is 5.32 Å². The first-order valence-corrected chi connectivity index (χ1v) is 28.2. The zero-order valence-corrected chi connectivity index (χ0v) is 43.9. The number of hydrogen-bond donors (Lipinski definition) is 12. The van der Waals surface area contributed by atoms with Gasteiger partial charge in [0.05, 0.1) is 38.6 Å². The highest BCUT2D eigenvalue weighted by molar-refractivity contribution is 5.73. The summed E-state index contributed by atoms with van der Waals surface area (Å²) in [4.78, 5) is 12.1. The molecular formula is C53H101NO18. The number of carbonyl (C=O) groups excluding carboxylic acids is 1. The van der Waals surface area contributed by atoms with Crippen LogP contribution in [0.1, 0.15) is 200 Å². The number of ether oxygens (including phenoxy) is 6. The number of hydrogen-bond acceptors (Lipinski definition) is 18. The highest BCUT2D eigenvalue weighted by Gasteiger charge is 2.53. The molecule has 0 radical (unpaired) electrons. The smallest absolute Gasteiger partial charge is 0.217 e. The maximum atomic E-state index is 12.1. The molecule has 3 aliphatic rings. The van der Waals surface area contributed by atoms with Crippen LogP contribution in [0.4, 0.5) is 0 Å². The van der Waals surface area contributed by atoms with E-state index in [1.807, 2.05) is 0 Å². The van der Waals surface area contributed by atoms with Crippen molar-refractivity contribution in [1.29, 1.82) is 0 Å². The van der Waals surface area contributed by atoms with E-state index >= 15 is 0 Å². The van der Waals surface area contributed by atoms with E-state index in [1.54, 1.807) is 0 Å². The van der Waals surface area contributed by atoms with Gasteiger partial charge in [0.25, 0.3) is 0 Å². The van der Waals surface area contributed by atoms with E-state index in [2.05, 4.69) is 12.2 Å². The molecule has 0 aromatic rings. The Balaban J connectivity index is 1.25. The molecule has 0 aliphatic carbocycles. The van der Waals surface area contributed by atoms with Gasteiger partial charge in [0.1, 0.15) is 73.2 Å². The van der Waals surface area contributed by atoms with Crippen molar-refractivity contribution < 1.29 is 89.4 Å². The van der Waals surface area contributed by atoms with E-state index in [-0.39, 0.29) is 6.61 Å². The highest BCUT2D eigenvalue weighted by Crippen LogP contribution is 2.33. The van der Waals surface area contributed by atoms with Crippen molar-refractivity contribution in [1.82, 2.24) is 5.32 Å². The van der Waals surface area contributed by atoms with Crippen molar-refractivity contribution in [3.8, 4) is 0 Å². The van der Waals surface area contributed by atoms with Crippen LogP contribution in [-0.2, 0) is 33.2 Å². The Hall–Kier alpha value is -1.21. The van der Waals surface area contributed by atoms with Gasteiger partial charge < -0.3 is 89.9 Å². The van der Waals surface area contributed by atoms with Crippen molar-refractivity contribution in [2.75, 3.05) is 26.4 Å². The van der Waals surface area contributed by atoms with E-state index in [4.69, 9.17) is 28.4 Å². The molecule has 19 nitrogen and oxygen atoms in total. The lowest BCUT2D eigenvalue weighted by Gasteiger charge is -2.48. The summed E-state index contributed by atoms with van der Waals surface area (Å²) in [7, 11) is 0. The fourth-order valence-electron chi connectivity index (χ4n) is 10.1. The van der Waals surface area contributed by atoms with Crippen molar-refractivity contribution >= 4 is 5.91 Å². The normalized spacial score (nSPS) is 31.9. The van der Waals surface area contributed by atoms with Crippen molar-refractivity contribution in [3.05, 3.63) is 0 Å². The molecule has 72 heavy (non-hydrogen) atoms. The third-order valence-corrected chi connectivity index (χ3v) is 14.7. The minimum Gasteiger partial charge on any atom is -0.394 e. The van der Waals surface area contributed by atoms with Crippen LogP contribution >= 0.6 is 0 Å². The molecule has 12 N–H and O–H groups in total. The fourth-order valence-corrected chi connectivity index (χ4v) is 10.1. The number of nitrogens with one attached hydrogen (secondary N) is 1. The molecule has 19 heteroatoms. The van der Waals surface area contributed by atoms with Crippen molar-refractivity contribution in [2.24, 2.45) is 0 Å². The van der Waals surface area contributed by atoms with Crippen LogP contribution in [0.2, 0.25) is 0 Å². The predicted octanol–water partition coefficient (Wildman–Crippen LogP) is 3.65. The first-order valence-electron chi connectivity index (χ1n) is 28.2. The molecule has 0 aromatic heterocycles. The number of carbonyl (C=O) groups is 1. The quantitative estimate of drug-likeness (QED) is 0.0389. The number of aliphatic hydroxyl groups is 11. The van der Waals surface area contributed by atoms with E-state index in [9.17, 15) is 61.0 Å². The van der Waals surface area contributed by atoms with Crippen LogP contribution in [0.3, 0.4) is 0 Å². The molecule has 3 rings (SSSR count). The van der Waals surface area contributed by atoms with Crippen LogP contribution in [0, 0.1) is 0 Å². The second-order valence-corrected chi connectivity index (χ2v) is 20.9. The third kappa shape index (κ3) is 23.6. The van der Waals surface area contributed by atoms with Gasteiger partial charge in [-0.3, -0.25) is 4.79 Å². The van der Waals surface area contributed by atoms with Crippen LogP contribution in [-0.4, -0.2) is 193 Å². The van der Waals surface area contributed by atoms with Gasteiger partial charge in [-0.05, 0) is 6.42 Å². The van der Waals surface area contributed by atoms with Gasteiger partial charge in [0, 0.05) is 6.92 Å². The summed E-state index contributed by atoms with van der Waals surface area (Å²) >= 11 is 0. The average Bonchev–Trinajstić information content (AvgIpc) is 3.37. The number of amides is 1. The third-order valence-electron chi connectivity index (χ3n) is 14.7. The lowest BCUT2D eigenvalue weighted by Crippen LogP contribution is -2.66. The summed E-state index contributed by atoms with van der Waals surface area (Å²) in [5.41, 5.74) is 0. The summed E-state index contributed by atoms with van der Waals surface area (Å²) in [6, 6.07) is -0.883. The first kappa shape index (κ1) is 65.1. The topological polar surface area (TPSA) is 307 Å². The van der Waals surface area contributed by atoms with Crippen LogP contribution in [0.15, 0.2) is 0 Å². The molecule has 0 bridgehead atoms. The monoisotopic (exact) mass is 1040 g/mol. The lowest BCUT2D eigenvalue weighted by atomic mass is 9.96. The summed E-state index contributed by atoms with van der Waals surface area (Å²) in [5, 5.41) is 118. The van der Waals surface area contributed by atoms with Gasteiger partial charge in [-0.1, -0.05) is 187 Å². The molecule has 3 saturated heterocycles. The van der Waals surface area contributed by atoms with E-state index in [1.165, 1.54) is 161 Å². The standard InChI is InChI=1S/C53H101NO18/c1-3-4-5-6-7-8-9-10-11-12-13-14-15-16-17-18-19-20-21-22-23-24-25-26-27-28-29-30-31-38(59)37(54-36(2)58)35-67-51-47(65)44(62)49(40(33-56)69-51)72-53-48(66)45(63)50(41(34-57)70-53)71-52-46(64)43(61)42(60)39(32-55)68-52/h37-53,55-57,59-66H,3-35H2,1-2H3,(H,54,58). The van der Waals surface area contributed by atoms with Crippen molar-refractivity contribution in [2.45, 2.75) is 304 Å². The summed E-state index contributed by atoms with van der Waals surface area (Å²) in [6.07, 6.45) is 10.7. The molecule has 3 heterocycles. The molecule has 0 spiro atoms. The Morgan fingerprint density at radius 3 is 1.12 bits per heavy atom. The Morgan fingerprint density at radius 1 is 0.444 bits per heavy atom. The largest absolute Gasteiger partial charge is 0.394 e. The van der Waals surface area contributed by atoms with Gasteiger partial charge in [-0.2, -0.15) is 0 Å². The molecule has 426 valence electrons. The summed E-state index contributed by atoms with van der Waals surface area (Å²) in [5.74, 6) is -0.417. The molecule has 17 atom stereocenters. The molecule has 3 aliphatic heterocycles. The second-order valence-electron chi connectivity index (χ2n) is 20.9. The van der Waals surface area contributed by atoms with Gasteiger partial charge >= 0.3 is 0 Å². The second kappa shape index (κ2) is 38.4. The van der Waals surface area contributed by atoms with Crippen LogP contribution in [0.5, 0.6) is 0 Å². The first-order chi connectivity index (χ1) is 34.8. The van der Waals surface area contributed by atoms with E-state index in [0.717, 1.165) is 25.7 Å². The zero-order valence-electron chi connectivity index (χ0n) is 43.9. The molecule has 17 unspecified atom stereocenters. The summed E-state index contributed by atoms with van der Waals surface area (Å²) < 4.78 is 33.7. The predicted molar refractivity (Wildman–Crippen MR) is 268 cm³/mol. The Morgan fingerprint density at radius 2 is 0.764 bits per heavy atom. The van der Waals surface area contributed by atoms with E-state index in [0.29, 0.717) is 6.42 Å². The fraction of sp³-hybridized carbons (Fsp3) is 0.981. The minimum atomic E-state index is -1.96. The lowest BCUT2D eigenvalue weighted by molar-refractivity contribution is -0.379. The maximum absolute atomic E-state index is 12.1. The SMILES string of the molecule is CCCCCCCCCCCCCCCCCCCCCCCCCCCCCCC(O)C(COC1OC(CO)C(OC2OC(CO)C(OC3OC(CO)C(O)C(O)C3O)C(O)C2O)C(O)C1O)NC(C)=O. The van der Waals surface area contributed by atoms with E-state index < -0.39 is 130 Å². The van der Waals surface area contributed by atoms with Gasteiger partial charge in [0.15, 0.2) is 18.9 Å². The maximum Gasteiger partial charge on any atom is 0.217 e. The van der Waals surface area contributed by atoms with Crippen molar-refractivity contribution in [3.63, 3.8) is 0 Å². The minimum absolute atomic E-state index is 0.316. The molecular weight excluding hydrogens is 939 g/mol. The Bertz CT molecular complexity index is 1340. The van der Waals surface area contributed by atoms with Gasteiger partial charge in [-0.25, -0.2) is 0 Å². The van der Waals surface area contributed by atoms with Gasteiger partial charge in [-0.15, -0.1) is 0 Å². The van der Waals surface area contributed by atoms with Gasteiger partial charge in [0.2, 0.25) is 5.91 Å².